The minimum absolute atomic E-state index is 0.501. The minimum atomic E-state index is 0.501. The minimum Gasteiger partial charge on any atom is -0.303 e. The van der Waals surface area contributed by atoms with Gasteiger partial charge < -0.3 is 5.32 Å². The molecule has 58 valence electrons. The largest absolute Gasteiger partial charge is 0.303 e. The highest BCUT2D eigenvalue weighted by molar-refractivity contribution is 9.09. The fourth-order valence-corrected chi connectivity index (χ4v) is 2.22. The van der Waals surface area contributed by atoms with E-state index in [-0.39, 0.29) is 0 Å². The van der Waals surface area contributed by atoms with Crippen LogP contribution in [0.1, 0.15) is 6.42 Å². The summed E-state index contributed by atoms with van der Waals surface area (Å²) in [6, 6.07) is 1.32. The molecule has 0 saturated carbocycles. The molecule has 2 saturated heterocycles. The Hall–Kier alpha value is 0.360. The predicted octanol–water partition coefficient (Wildman–Crippen LogP) is -0.412. The maximum Gasteiger partial charge on any atom is 0.0646 e. The third-order valence-corrected chi connectivity index (χ3v) is 2.93. The Morgan fingerprint density at radius 1 is 1.10 bits per heavy atom. The zero-order valence-corrected chi connectivity index (χ0v) is 7.32. The summed E-state index contributed by atoms with van der Waals surface area (Å²) in [6.07, 6.45) is 1.18. The first-order chi connectivity index (χ1) is 4.86. The van der Waals surface area contributed by atoms with Gasteiger partial charge in [0.2, 0.25) is 0 Å². The van der Waals surface area contributed by atoms with Gasteiger partial charge in [0.25, 0.3) is 0 Å². The molecule has 3 nitrogen and oxygen atoms in total. The number of alkyl halides is 1. The standard InChI is InChI=1S/C6H12BrN3/c7-6-1-4-5(2-8-6)10-3-9-4/h4-6,8-10H,1-3H2. The number of halogens is 1. The number of fused-ring (bicyclic) bond motifs is 1. The fourth-order valence-electron chi connectivity index (χ4n) is 1.63. The van der Waals surface area contributed by atoms with E-state index >= 15 is 0 Å². The number of hydrogen-bond donors (Lipinski definition) is 3. The summed E-state index contributed by atoms with van der Waals surface area (Å²) in [4.78, 5) is 0.501. The molecule has 0 aromatic heterocycles. The van der Waals surface area contributed by atoms with Crippen molar-refractivity contribution in [3.05, 3.63) is 0 Å². The Bertz CT molecular complexity index is 130. The summed E-state index contributed by atoms with van der Waals surface area (Å²) >= 11 is 3.55. The predicted molar refractivity (Wildman–Crippen MR) is 44.0 cm³/mol. The highest BCUT2D eigenvalue weighted by Crippen LogP contribution is 2.15. The Labute approximate surface area is 69.1 Å². The monoisotopic (exact) mass is 205 g/mol. The van der Waals surface area contributed by atoms with Crippen molar-refractivity contribution in [3.8, 4) is 0 Å². The molecule has 4 heteroatoms. The van der Waals surface area contributed by atoms with E-state index in [4.69, 9.17) is 0 Å². The summed E-state index contributed by atoms with van der Waals surface area (Å²) in [5.74, 6) is 0. The highest BCUT2D eigenvalue weighted by Gasteiger charge is 2.31. The molecule has 0 spiro atoms. The topological polar surface area (TPSA) is 36.1 Å². The lowest BCUT2D eigenvalue weighted by Gasteiger charge is -2.29. The maximum absolute atomic E-state index is 3.55. The second-order valence-electron chi connectivity index (χ2n) is 2.91. The van der Waals surface area contributed by atoms with Crippen LogP contribution in [-0.4, -0.2) is 30.2 Å². The van der Waals surface area contributed by atoms with Crippen molar-refractivity contribution in [2.24, 2.45) is 0 Å². The average Bonchev–Trinajstić information content (AvgIpc) is 2.33. The third-order valence-electron chi connectivity index (χ3n) is 2.23. The van der Waals surface area contributed by atoms with Crippen LogP contribution in [0, 0.1) is 0 Å². The van der Waals surface area contributed by atoms with E-state index in [9.17, 15) is 0 Å². The van der Waals surface area contributed by atoms with Crippen molar-refractivity contribution in [1.29, 1.82) is 0 Å². The molecule has 3 atom stereocenters. The van der Waals surface area contributed by atoms with Crippen molar-refractivity contribution < 1.29 is 0 Å². The van der Waals surface area contributed by atoms with E-state index in [0.29, 0.717) is 17.0 Å². The van der Waals surface area contributed by atoms with Crippen LogP contribution in [0.15, 0.2) is 0 Å². The van der Waals surface area contributed by atoms with E-state index in [1.54, 1.807) is 0 Å². The summed E-state index contributed by atoms with van der Waals surface area (Å²) in [6.45, 7) is 2.05. The lowest BCUT2D eigenvalue weighted by atomic mass is 10.0. The van der Waals surface area contributed by atoms with Gasteiger partial charge in [0.15, 0.2) is 0 Å². The van der Waals surface area contributed by atoms with Crippen molar-refractivity contribution >= 4 is 15.9 Å². The molecule has 2 aliphatic heterocycles. The number of hydrogen-bond acceptors (Lipinski definition) is 3. The van der Waals surface area contributed by atoms with Crippen molar-refractivity contribution in [1.82, 2.24) is 16.0 Å². The molecule has 2 rings (SSSR count). The maximum atomic E-state index is 3.55. The van der Waals surface area contributed by atoms with E-state index < -0.39 is 0 Å². The van der Waals surface area contributed by atoms with E-state index in [2.05, 4.69) is 31.9 Å². The van der Waals surface area contributed by atoms with Gasteiger partial charge in [-0.25, -0.2) is 0 Å². The van der Waals surface area contributed by atoms with Gasteiger partial charge in [-0.3, -0.25) is 10.6 Å². The van der Waals surface area contributed by atoms with Gasteiger partial charge in [-0.1, -0.05) is 15.9 Å². The molecule has 0 aromatic rings. The molecule has 2 heterocycles. The summed E-state index contributed by atoms with van der Waals surface area (Å²) in [7, 11) is 0. The van der Waals surface area contributed by atoms with Crippen molar-refractivity contribution in [3.63, 3.8) is 0 Å². The Kier molecular flexibility index (Phi) is 1.95. The number of nitrogens with one attached hydrogen (secondary N) is 3. The van der Waals surface area contributed by atoms with Gasteiger partial charge in [-0.05, 0) is 6.42 Å². The molecule has 0 bridgehead atoms. The molecule has 0 amide bonds. The second-order valence-corrected chi connectivity index (χ2v) is 4.01. The Balaban J connectivity index is 1.96. The van der Waals surface area contributed by atoms with E-state index in [1.165, 1.54) is 6.42 Å². The highest BCUT2D eigenvalue weighted by atomic mass is 79.9. The molecular weight excluding hydrogens is 194 g/mol. The summed E-state index contributed by atoms with van der Waals surface area (Å²) in [5.41, 5.74) is 0. The van der Waals surface area contributed by atoms with E-state index in [0.717, 1.165) is 13.2 Å². The lowest BCUT2D eigenvalue weighted by Crippen LogP contribution is -2.51. The quantitative estimate of drug-likeness (QED) is 0.372. The molecular formula is C6H12BrN3. The first-order valence-corrected chi connectivity index (χ1v) is 4.62. The van der Waals surface area contributed by atoms with Crippen LogP contribution in [0.5, 0.6) is 0 Å². The fraction of sp³-hybridized carbons (Fsp3) is 1.00. The molecule has 2 fully saturated rings. The zero-order chi connectivity index (χ0) is 6.97. The first kappa shape index (κ1) is 7.03. The first-order valence-electron chi connectivity index (χ1n) is 3.70. The molecule has 2 aliphatic rings. The lowest BCUT2D eigenvalue weighted by molar-refractivity contribution is 0.377. The zero-order valence-electron chi connectivity index (χ0n) is 5.73. The van der Waals surface area contributed by atoms with Gasteiger partial charge in [0.1, 0.15) is 0 Å². The van der Waals surface area contributed by atoms with Crippen LogP contribution >= 0.6 is 15.9 Å². The summed E-state index contributed by atoms with van der Waals surface area (Å²) < 4.78 is 0. The molecule has 10 heavy (non-hydrogen) atoms. The smallest absolute Gasteiger partial charge is 0.0646 e. The van der Waals surface area contributed by atoms with Gasteiger partial charge in [-0.15, -0.1) is 0 Å². The number of piperidine rings is 1. The molecule has 3 N–H and O–H groups in total. The van der Waals surface area contributed by atoms with Crippen LogP contribution in [-0.2, 0) is 0 Å². The molecule has 0 aromatic carbocycles. The van der Waals surface area contributed by atoms with Crippen LogP contribution in [0.3, 0.4) is 0 Å². The van der Waals surface area contributed by atoms with Gasteiger partial charge in [-0.2, -0.15) is 0 Å². The van der Waals surface area contributed by atoms with Gasteiger partial charge in [0.05, 0.1) is 4.95 Å². The SMILES string of the molecule is BrC1CC2NCNC2CN1. The number of rotatable bonds is 0. The van der Waals surface area contributed by atoms with Crippen molar-refractivity contribution in [2.75, 3.05) is 13.2 Å². The van der Waals surface area contributed by atoms with Gasteiger partial charge >= 0.3 is 0 Å². The van der Waals surface area contributed by atoms with Crippen molar-refractivity contribution in [2.45, 2.75) is 23.5 Å². The Morgan fingerprint density at radius 2 is 1.90 bits per heavy atom. The average molecular weight is 206 g/mol. The third kappa shape index (κ3) is 1.21. The molecule has 0 aliphatic carbocycles. The van der Waals surface area contributed by atoms with Gasteiger partial charge in [0, 0.05) is 25.3 Å². The Morgan fingerprint density at radius 3 is 2.80 bits per heavy atom. The van der Waals surface area contributed by atoms with E-state index in [1.807, 2.05) is 0 Å². The second kappa shape index (κ2) is 2.77. The van der Waals surface area contributed by atoms with Crippen LogP contribution in [0.2, 0.25) is 0 Å². The van der Waals surface area contributed by atoms with Crippen LogP contribution in [0.4, 0.5) is 0 Å². The normalized spacial score (nSPS) is 47.1. The van der Waals surface area contributed by atoms with Crippen LogP contribution in [0.25, 0.3) is 0 Å². The molecule has 3 unspecified atom stereocenters. The molecule has 0 radical (unpaired) electrons. The van der Waals surface area contributed by atoms with Crippen LogP contribution < -0.4 is 16.0 Å². The summed E-state index contributed by atoms with van der Waals surface area (Å²) in [5, 5.41) is 10.2.